The lowest BCUT2D eigenvalue weighted by atomic mass is 9.99. The standard InChI is InChI=1S/C21H21N3O3/c1-13-9-10-17-16(11-22-23(17)12-13)18-14-7-5-6-8-15(14)19(25)24(18)20(26)27-21(2,3)4/h5-12,18H,1-4H3. The lowest BCUT2D eigenvalue weighted by Crippen LogP contribution is -2.39. The van der Waals surface area contributed by atoms with Crippen molar-refractivity contribution in [2.75, 3.05) is 0 Å². The highest BCUT2D eigenvalue weighted by Gasteiger charge is 2.44. The number of benzene rings is 1. The highest BCUT2D eigenvalue weighted by molar-refractivity contribution is 6.08. The van der Waals surface area contributed by atoms with Gasteiger partial charge in [0.1, 0.15) is 5.60 Å². The lowest BCUT2D eigenvalue weighted by Gasteiger charge is -2.27. The Labute approximate surface area is 157 Å². The second kappa shape index (κ2) is 5.94. The molecule has 0 saturated heterocycles. The average Bonchev–Trinajstić information content (AvgIpc) is 3.12. The summed E-state index contributed by atoms with van der Waals surface area (Å²) >= 11 is 0. The second-order valence-corrected chi connectivity index (χ2v) is 7.78. The monoisotopic (exact) mass is 363 g/mol. The van der Waals surface area contributed by atoms with Crippen LogP contribution in [-0.4, -0.2) is 32.1 Å². The zero-order valence-corrected chi connectivity index (χ0v) is 15.8. The Balaban J connectivity index is 1.88. The molecule has 1 atom stereocenters. The summed E-state index contributed by atoms with van der Waals surface area (Å²) in [6, 6.07) is 10.7. The number of rotatable bonds is 1. The number of hydrogen-bond acceptors (Lipinski definition) is 4. The highest BCUT2D eigenvalue weighted by atomic mass is 16.6. The van der Waals surface area contributed by atoms with Gasteiger partial charge in [0.15, 0.2) is 0 Å². The number of carbonyl (C=O) groups excluding carboxylic acids is 2. The van der Waals surface area contributed by atoms with Crippen LogP contribution in [0.3, 0.4) is 0 Å². The van der Waals surface area contributed by atoms with Crippen LogP contribution in [0.2, 0.25) is 0 Å². The number of amides is 2. The lowest BCUT2D eigenvalue weighted by molar-refractivity contribution is 0.0216. The van der Waals surface area contributed by atoms with E-state index in [4.69, 9.17) is 4.74 Å². The van der Waals surface area contributed by atoms with Gasteiger partial charge in [-0.2, -0.15) is 5.10 Å². The number of imide groups is 1. The third-order valence-corrected chi connectivity index (χ3v) is 4.54. The summed E-state index contributed by atoms with van der Waals surface area (Å²) in [7, 11) is 0. The molecule has 0 spiro atoms. The molecule has 6 nitrogen and oxygen atoms in total. The maximum Gasteiger partial charge on any atom is 0.418 e. The van der Waals surface area contributed by atoms with Crippen molar-refractivity contribution in [3.63, 3.8) is 0 Å². The minimum atomic E-state index is -0.700. The molecule has 3 aromatic rings. The number of aromatic nitrogens is 2. The predicted molar refractivity (Wildman–Crippen MR) is 101 cm³/mol. The number of aryl methyl sites for hydroxylation is 1. The molecule has 0 N–H and O–H groups in total. The third kappa shape index (κ3) is 2.87. The Hall–Kier alpha value is -3.15. The van der Waals surface area contributed by atoms with E-state index in [-0.39, 0.29) is 5.91 Å². The van der Waals surface area contributed by atoms with E-state index in [2.05, 4.69) is 5.10 Å². The van der Waals surface area contributed by atoms with Crippen LogP contribution in [0.15, 0.2) is 48.8 Å². The Morgan fingerprint density at radius 1 is 1.11 bits per heavy atom. The maximum atomic E-state index is 13.0. The molecule has 2 amide bonds. The first-order chi connectivity index (χ1) is 12.8. The summed E-state index contributed by atoms with van der Waals surface area (Å²) in [6.07, 6.45) is 2.98. The van der Waals surface area contributed by atoms with Gasteiger partial charge in [-0.1, -0.05) is 24.3 Å². The van der Waals surface area contributed by atoms with Gasteiger partial charge in [-0.05, 0) is 51.0 Å². The van der Waals surface area contributed by atoms with E-state index in [0.717, 1.165) is 22.2 Å². The van der Waals surface area contributed by atoms with Crippen molar-refractivity contribution in [2.45, 2.75) is 39.3 Å². The molecule has 1 aromatic carbocycles. The van der Waals surface area contributed by atoms with Crippen molar-refractivity contribution in [1.29, 1.82) is 0 Å². The molecule has 0 radical (unpaired) electrons. The molecule has 0 saturated carbocycles. The topological polar surface area (TPSA) is 63.9 Å². The van der Waals surface area contributed by atoms with Crippen molar-refractivity contribution in [3.05, 3.63) is 71.0 Å². The molecule has 1 unspecified atom stereocenters. The molecule has 1 aliphatic rings. The van der Waals surface area contributed by atoms with Crippen LogP contribution < -0.4 is 0 Å². The highest BCUT2D eigenvalue weighted by Crippen LogP contribution is 2.40. The molecule has 6 heteroatoms. The fourth-order valence-electron chi connectivity index (χ4n) is 3.44. The molecular weight excluding hydrogens is 342 g/mol. The minimum absolute atomic E-state index is 0.351. The molecule has 138 valence electrons. The fraction of sp³-hybridized carbons (Fsp3) is 0.286. The molecular formula is C21H21N3O3. The fourth-order valence-corrected chi connectivity index (χ4v) is 3.44. The minimum Gasteiger partial charge on any atom is -0.443 e. The Morgan fingerprint density at radius 2 is 1.85 bits per heavy atom. The van der Waals surface area contributed by atoms with Gasteiger partial charge in [0, 0.05) is 17.3 Å². The predicted octanol–water partition coefficient (Wildman–Crippen LogP) is 4.12. The summed E-state index contributed by atoms with van der Waals surface area (Å²) in [6.45, 7) is 7.34. The van der Waals surface area contributed by atoms with Gasteiger partial charge < -0.3 is 4.74 Å². The van der Waals surface area contributed by atoms with Crippen LogP contribution >= 0.6 is 0 Å². The first kappa shape index (κ1) is 17.3. The van der Waals surface area contributed by atoms with Crippen LogP contribution in [0.4, 0.5) is 4.79 Å². The van der Waals surface area contributed by atoms with E-state index in [1.54, 1.807) is 43.6 Å². The van der Waals surface area contributed by atoms with Crippen molar-refractivity contribution < 1.29 is 14.3 Å². The van der Waals surface area contributed by atoms with Gasteiger partial charge in [0.2, 0.25) is 0 Å². The van der Waals surface area contributed by atoms with Gasteiger partial charge in [-0.3, -0.25) is 4.79 Å². The molecule has 0 aliphatic carbocycles. The molecule has 1 aliphatic heterocycles. The van der Waals surface area contributed by atoms with Gasteiger partial charge in [-0.25, -0.2) is 14.2 Å². The Morgan fingerprint density at radius 3 is 2.59 bits per heavy atom. The number of nitrogens with zero attached hydrogens (tertiary/aromatic N) is 3. The zero-order valence-electron chi connectivity index (χ0n) is 15.8. The average molecular weight is 363 g/mol. The first-order valence-corrected chi connectivity index (χ1v) is 8.85. The van der Waals surface area contributed by atoms with Gasteiger partial charge in [-0.15, -0.1) is 0 Å². The zero-order chi connectivity index (χ0) is 19.3. The summed E-state index contributed by atoms with van der Waals surface area (Å²) in [5.74, 6) is -0.351. The summed E-state index contributed by atoms with van der Waals surface area (Å²) < 4.78 is 7.29. The molecule has 0 bridgehead atoms. The number of carbonyl (C=O) groups is 2. The SMILES string of the molecule is Cc1ccc2c(C3c4ccccc4C(=O)N3C(=O)OC(C)(C)C)cnn2c1. The summed E-state index contributed by atoms with van der Waals surface area (Å²) in [4.78, 5) is 27.1. The van der Waals surface area contributed by atoms with Crippen LogP contribution in [0.25, 0.3) is 5.52 Å². The van der Waals surface area contributed by atoms with Crippen molar-refractivity contribution in [3.8, 4) is 0 Å². The molecule has 2 aromatic heterocycles. The van der Waals surface area contributed by atoms with Gasteiger partial charge in [0.25, 0.3) is 5.91 Å². The van der Waals surface area contributed by atoms with E-state index >= 15 is 0 Å². The largest absolute Gasteiger partial charge is 0.443 e. The second-order valence-electron chi connectivity index (χ2n) is 7.78. The third-order valence-electron chi connectivity index (χ3n) is 4.54. The summed E-state index contributed by atoms with van der Waals surface area (Å²) in [5, 5.41) is 4.42. The van der Waals surface area contributed by atoms with Crippen molar-refractivity contribution in [2.24, 2.45) is 0 Å². The van der Waals surface area contributed by atoms with E-state index in [1.807, 2.05) is 37.4 Å². The molecule has 3 heterocycles. The Bertz CT molecular complexity index is 1060. The van der Waals surface area contributed by atoms with Gasteiger partial charge in [0.05, 0.1) is 17.8 Å². The number of ether oxygens (including phenoxy) is 1. The summed E-state index contributed by atoms with van der Waals surface area (Å²) in [5.41, 5.74) is 3.31. The van der Waals surface area contributed by atoms with Crippen molar-refractivity contribution in [1.82, 2.24) is 14.5 Å². The van der Waals surface area contributed by atoms with E-state index < -0.39 is 17.7 Å². The maximum absolute atomic E-state index is 13.0. The van der Waals surface area contributed by atoms with Crippen LogP contribution in [-0.2, 0) is 4.74 Å². The number of pyridine rings is 1. The van der Waals surface area contributed by atoms with E-state index in [9.17, 15) is 9.59 Å². The van der Waals surface area contributed by atoms with Crippen LogP contribution in [0.1, 0.15) is 53.9 Å². The molecule has 4 rings (SSSR count). The molecule has 27 heavy (non-hydrogen) atoms. The Kier molecular flexibility index (Phi) is 3.80. The number of fused-ring (bicyclic) bond motifs is 2. The van der Waals surface area contributed by atoms with Crippen LogP contribution in [0, 0.1) is 6.92 Å². The van der Waals surface area contributed by atoms with Crippen LogP contribution in [0.5, 0.6) is 0 Å². The number of hydrogen-bond donors (Lipinski definition) is 0. The van der Waals surface area contributed by atoms with E-state index in [1.165, 1.54) is 4.90 Å². The van der Waals surface area contributed by atoms with Gasteiger partial charge >= 0.3 is 6.09 Å². The quantitative estimate of drug-likeness (QED) is 0.652. The van der Waals surface area contributed by atoms with Crippen molar-refractivity contribution >= 4 is 17.5 Å². The molecule has 0 fully saturated rings. The normalized spacial score (nSPS) is 16.7. The first-order valence-electron chi connectivity index (χ1n) is 8.85. The smallest absolute Gasteiger partial charge is 0.418 e. The van der Waals surface area contributed by atoms with E-state index in [0.29, 0.717) is 5.56 Å².